The van der Waals surface area contributed by atoms with Crippen LogP contribution in [-0.2, 0) is 6.42 Å². The maximum absolute atomic E-state index is 13.1. The molecule has 0 spiro atoms. The Morgan fingerprint density at radius 3 is 2.51 bits per heavy atom. The normalized spacial score (nSPS) is 13.0. The number of pyridine rings is 1. The predicted octanol–water partition coefficient (Wildman–Crippen LogP) is 4.95. The summed E-state index contributed by atoms with van der Waals surface area (Å²) in [5, 5.41) is 9.54. The second-order valence-corrected chi connectivity index (χ2v) is 10.1. The molecule has 0 unspecified atom stereocenters. The number of nitrogen functional groups attached to an aromatic ring is 2. The zero-order valence-corrected chi connectivity index (χ0v) is 24.6. The van der Waals surface area contributed by atoms with E-state index >= 15 is 0 Å². The summed E-state index contributed by atoms with van der Waals surface area (Å²) in [6, 6.07) is 9.09. The molecule has 0 amide bonds. The van der Waals surface area contributed by atoms with Gasteiger partial charge in [-0.25, -0.2) is 9.78 Å². The first-order valence-electron chi connectivity index (χ1n) is 13.5. The molecular weight excluding hydrogens is 574 g/mol. The van der Waals surface area contributed by atoms with Crippen molar-refractivity contribution in [3.05, 3.63) is 75.2 Å². The average Bonchev–Trinajstić information content (AvgIpc) is 2.98. The standard InChI is InChI=1S/C31H31N5O6.ClH/c1-40-25-15-19(13-21-16-34-30(33)35-29(21)32)12-20(28(25)41-2)10-8-18-9-11-23-24(14-18)36(22-6-4-3-5-7-22)17-26(27(23)37)42-31(38)39;/h9,11-12,14-17,22H,3-7,13H2,1-2H3,(H,38,39)(H4,32,33,34,35);1H. The summed E-state index contributed by atoms with van der Waals surface area (Å²) in [6.07, 6.45) is 7.10. The highest BCUT2D eigenvalue weighted by Gasteiger charge is 2.21. The second-order valence-electron chi connectivity index (χ2n) is 10.1. The molecule has 43 heavy (non-hydrogen) atoms. The van der Waals surface area contributed by atoms with Crippen LogP contribution in [0.5, 0.6) is 17.2 Å². The van der Waals surface area contributed by atoms with E-state index in [4.69, 9.17) is 30.8 Å². The molecule has 1 fully saturated rings. The number of benzene rings is 2. The SMILES string of the molecule is COc1cc(Cc2cnc(N)nc2N)cc(C#Cc2ccc3c(=O)c(OC(=O)O)cn(C4CCCCC4)c3c2)c1OC.Cl. The third-order valence-electron chi connectivity index (χ3n) is 7.36. The van der Waals surface area contributed by atoms with Gasteiger partial charge in [-0.15, -0.1) is 12.4 Å². The predicted molar refractivity (Wildman–Crippen MR) is 165 cm³/mol. The van der Waals surface area contributed by atoms with Gasteiger partial charge in [0.25, 0.3) is 0 Å². The number of halogens is 1. The third-order valence-corrected chi connectivity index (χ3v) is 7.36. The Hall–Kier alpha value is -4.95. The Morgan fingerprint density at radius 2 is 1.84 bits per heavy atom. The molecule has 0 radical (unpaired) electrons. The van der Waals surface area contributed by atoms with Crippen LogP contribution in [-0.4, -0.2) is 40.0 Å². The molecule has 0 bridgehead atoms. The summed E-state index contributed by atoms with van der Waals surface area (Å²) in [4.78, 5) is 32.4. The Morgan fingerprint density at radius 1 is 1.07 bits per heavy atom. The number of hydrogen-bond acceptors (Lipinski definition) is 9. The summed E-state index contributed by atoms with van der Waals surface area (Å²) in [7, 11) is 3.10. The van der Waals surface area contributed by atoms with Gasteiger partial charge in [0.15, 0.2) is 17.2 Å². The van der Waals surface area contributed by atoms with Crippen molar-refractivity contribution >= 4 is 41.2 Å². The zero-order valence-electron chi connectivity index (χ0n) is 23.8. The summed E-state index contributed by atoms with van der Waals surface area (Å²) < 4.78 is 18.0. The van der Waals surface area contributed by atoms with Crippen LogP contribution in [0.2, 0.25) is 0 Å². The van der Waals surface area contributed by atoms with E-state index in [1.54, 1.807) is 32.5 Å². The topological polar surface area (TPSA) is 165 Å². The molecule has 0 aliphatic heterocycles. The van der Waals surface area contributed by atoms with Gasteiger partial charge in [0.2, 0.25) is 11.4 Å². The summed E-state index contributed by atoms with van der Waals surface area (Å²) >= 11 is 0. The number of rotatable bonds is 6. The number of carbonyl (C=O) groups is 1. The lowest BCUT2D eigenvalue weighted by Gasteiger charge is -2.26. The first-order chi connectivity index (χ1) is 20.3. The Balaban J connectivity index is 0.00000423. The number of carboxylic acid groups (broad SMARTS) is 1. The van der Waals surface area contributed by atoms with E-state index in [2.05, 4.69) is 21.8 Å². The zero-order chi connectivity index (χ0) is 29.8. The van der Waals surface area contributed by atoms with Gasteiger partial charge >= 0.3 is 6.16 Å². The van der Waals surface area contributed by atoms with Crippen molar-refractivity contribution in [2.24, 2.45) is 0 Å². The van der Waals surface area contributed by atoms with E-state index in [0.717, 1.165) is 37.7 Å². The smallest absolute Gasteiger partial charge is 0.493 e. The molecule has 2 aromatic heterocycles. The van der Waals surface area contributed by atoms with Crippen molar-refractivity contribution in [3.8, 4) is 29.1 Å². The molecule has 11 nitrogen and oxygen atoms in total. The van der Waals surface area contributed by atoms with Crippen LogP contribution >= 0.6 is 12.4 Å². The van der Waals surface area contributed by atoms with Crippen molar-refractivity contribution in [2.75, 3.05) is 25.7 Å². The molecule has 5 rings (SSSR count). The van der Waals surface area contributed by atoms with Gasteiger partial charge in [0.1, 0.15) is 5.82 Å². The molecular formula is C31H32ClN5O6. The van der Waals surface area contributed by atoms with Crippen LogP contribution in [0.25, 0.3) is 10.9 Å². The van der Waals surface area contributed by atoms with E-state index < -0.39 is 11.6 Å². The van der Waals surface area contributed by atoms with Crippen molar-refractivity contribution in [1.29, 1.82) is 0 Å². The molecule has 4 aromatic rings. The number of aromatic nitrogens is 3. The molecule has 224 valence electrons. The van der Waals surface area contributed by atoms with E-state index in [1.165, 1.54) is 6.20 Å². The van der Waals surface area contributed by atoms with Crippen LogP contribution in [0.1, 0.15) is 60.4 Å². The van der Waals surface area contributed by atoms with Crippen molar-refractivity contribution in [3.63, 3.8) is 0 Å². The summed E-state index contributed by atoms with van der Waals surface area (Å²) in [5.74, 6) is 7.56. The Bertz CT molecular complexity index is 1790. The van der Waals surface area contributed by atoms with Gasteiger partial charge in [-0.1, -0.05) is 31.1 Å². The van der Waals surface area contributed by atoms with Crippen LogP contribution in [0.15, 0.2) is 47.5 Å². The fourth-order valence-electron chi connectivity index (χ4n) is 5.38. The van der Waals surface area contributed by atoms with Gasteiger partial charge in [-0.3, -0.25) is 4.79 Å². The first kappa shape index (κ1) is 31.0. The molecule has 1 aliphatic rings. The van der Waals surface area contributed by atoms with Gasteiger partial charge in [-0.05, 0) is 48.7 Å². The largest absolute Gasteiger partial charge is 0.511 e. The molecule has 2 aromatic carbocycles. The maximum atomic E-state index is 13.1. The lowest BCUT2D eigenvalue weighted by Crippen LogP contribution is -2.20. The van der Waals surface area contributed by atoms with Crippen molar-refractivity contribution in [2.45, 2.75) is 44.6 Å². The number of ether oxygens (including phenoxy) is 3. The maximum Gasteiger partial charge on any atom is 0.511 e. The van der Waals surface area contributed by atoms with Gasteiger partial charge in [0, 0.05) is 35.2 Å². The lowest BCUT2D eigenvalue weighted by atomic mass is 9.94. The quantitative estimate of drug-likeness (QED) is 0.202. The minimum Gasteiger partial charge on any atom is -0.493 e. The van der Waals surface area contributed by atoms with E-state index in [-0.39, 0.29) is 30.1 Å². The van der Waals surface area contributed by atoms with Gasteiger partial charge < -0.3 is 35.4 Å². The van der Waals surface area contributed by atoms with E-state index in [0.29, 0.717) is 51.3 Å². The first-order valence-corrected chi connectivity index (χ1v) is 13.5. The number of methoxy groups -OCH3 is 2. The van der Waals surface area contributed by atoms with Gasteiger partial charge in [-0.2, -0.15) is 4.98 Å². The van der Waals surface area contributed by atoms with Crippen molar-refractivity contribution < 1.29 is 24.1 Å². The monoisotopic (exact) mass is 605 g/mol. The average molecular weight is 606 g/mol. The van der Waals surface area contributed by atoms with Crippen molar-refractivity contribution in [1.82, 2.24) is 14.5 Å². The second kappa shape index (κ2) is 13.4. The number of hydrogen-bond donors (Lipinski definition) is 3. The minimum atomic E-state index is -1.53. The molecule has 2 heterocycles. The minimum absolute atomic E-state index is 0. The Labute approximate surface area is 254 Å². The van der Waals surface area contributed by atoms with Crippen LogP contribution in [0.4, 0.5) is 16.6 Å². The fourth-order valence-corrected chi connectivity index (χ4v) is 5.38. The van der Waals surface area contributed by atoms with Gasteiger partial charge in [0.05, 0.1) is 31.5 Å². The van der Waals surface area contributed by atoms with Crippen LogP contribution < -0.4 is 31.1 Å². The number of anilines is 2. The highest BCUT2D eigenvalue weighted by Crippen LogP contribution is 2.34. The molecule has 0 saturated heterocycles. The molecule has 1 saturated carbocycles. The highest BCUT2D eigenvalue weighted by atomic mass is 35.5. The summed E-state index contributed by atoms with van der Waals surface area (Å²) in [6.45, 7) is 0. The third kappa shape index (κ3) is 6.76. The van der Waals surface area contributed by atoms with Crippen LogP contribution in [0.3, 0.4) is 0 Å². The summed E-state index contributed by atoms with van der Waals surface area (Å²) in [5.41, 5.74) is 14.7. The highest BCUT2D eigenvalue weighted by molar-refractivity contribution is 5.85. The Kier molecular flexibility index (Phi) is 9.63. The lowest BCUT2D eigenvalue weighted by molar-refractivity contribution is 0.143. The molecule has 5 N–H and O–H groups in total. The van der Waals surface area contributed by atoms with Crippen LogP contribution in [0, 0.1) is 11.8 Å². The van der Waals surface area contributed by atoms with E-state index in [1.807, 2.05) is 22.8 Å². The molecule has 12 heteroatoms. The number of nitrogens with zero attached hydrogens (tertiary/aromatic N) is 3. The number of fused-ring (bicyclic) bond motifs is 1. The number of nitrogens with two attached hydrogens (primary N) is 2. The van der Waals surface area contributed by atoms with E-state index in [9.17, 15) is 9.59 Å². The molecule has 0 atom stereocenters. The fraction of sp³-hybridized carbons (Fsp3) is 0.290. The molecule has 1 aliphatic carbocycles.